The van der Waals surface area contributed by atoms with E-state index in [1.165, 1.54) is 13.2 Å². The number of imide groups is 2. The molecule has 0 N–H and O–H groups in total. The highest BCUT2D eigenvalue weighted by Gasteiger charge is 2.44. The second-order valence-electron chi connectivity index (χ2n) is 10.4. The maximum Gasteiger partial charge on any atom is 0.343 e. The van der Waals surface area contributed by atoms with E-state index < -0.39 is 17.8 Å². The number of barbiturate groups is 1. The Hall–Kier alpha value is -4.67. The average Bonchev–Trinajstić information content (AvgIpc) is 3.03. The number of methoxy groups -OCH3 is 1. The van der Waals surface area contributed by atoms with Crippen molar-refractivity contribution in [1.29, 1.82) is 0 Å². The molecule has 1 saturated heterocycles. The molecule has 5 aromatic rings. The second-order valence-corrected chi connectivity index (χ2v) is 11.9. The van der Waals surface area contributed by atoms with Crippen LogP contribution in [0.2, 0.25) is 5.02 Å². The molecular weight excluding hydrogens is 703 g/mol. The summed E-state index contributed by atoms with van der Waals surface area (Å²) in [5.41, 5.74) is 2.77. The fourth-order valence-electron chi connectivity index (χ4n) is 5.24. The van der Waals surface area contributed by atoms with Crippen molar-refractivity contribution in [3.63, 3.8) is 0 Å². The molecule has 1 fully saturated rings. The van der Waals surface area contributed by atoms with E-state index in [-0.39, 0.29) is 12.2 Å². The van der Waals surface area contributed by atoms with Gasteiger partial charge in [0.05, 0.1) is 22.1 Å². The van der Waals surface area contributed by atoms with Gasteiger partial charge in [0.25, 0.3) is 11.8 Å². The summed E-state index contributed by atoms with van der Waals surface area (Å²) in [6.07, 6.45) is 1.49. The van der Waals surface area contributed by atoms with Crippen molar-refractivity contribution >= 4 is 80.3 Å². The Bertz CT molecular complexity index is 2020. The van der Waals surface area contributed by atoms with Crippen LogP contribution in [-0.2, 0) is 16.2 Å². The lowest BCUT2D eigenvalue weighted by Crippen LogP contribution is -2.57. The number of rotatable bonds is 7. The van der Waals surface area contributed by atoms with Gasteiger partial charge in [0, 0.05) is 16.0 Å². The van der Waals surface area contributed by atoms with Gasteiger partial charge in [0.15, 0.2) is 11.5 Å². The fourth-order valence-corrected chi connectivity index (χ4v) is 6.21. The van der Waals surface area contributed by atoms with Gasteiger partial charge in [-0.2, -0.15) is 0 Å². The highest BCUT2D eigenvalue weighted by molar-refractivity contribution is 14.1. The van der Waals surface area contributed by atoms with Crippen LogP contribution in [0.1, 0.15) is 16.7 Å². The predicted octanol–water partition coefficient (Wildman–Crippen LogP) is 8.58. The minimum absolute atomic E-state index is 0.174. The zero-order valence-electron chi connectivity index (χ0n) is 24.3. The lowest BCUT2D eigenvalue weighted by Gasteiger charge is -2.34. The van der Waals surface area contributed by atoms with Gasteiger partial charge in [-0.15, -0.1) is 0 Å². The summed E-state index contributed by atoms with van der Waals surface area (Å²) in [5.74, 6) is -0.539. The maximum absolute atomic E-state index is 14.2. The summed E-state index contributed by atoms with van der Waals surface area (Å²) in [6.45, 7) is 2.09. The summed E-state index contributed by atoms with van der Waals surface area (Å²) in [6, 6.07) is 30.0. The molecule has 1 aliphatic heterocycles. The predicted molar refractivity (Wildman–Crippen MR) is 185 cm³/mol. The van der Waals surface area contributed by atoms with Crippen LogP contribution in [0.5, 0.6) is 11.5 Å². The molecule has 0 spiro atoms. The number of halogens is 2. The summed E-state index contributed by atoms with van der Waals surface area (Å²) >= 11 is 8.43. The Morgan fingerprint density at radius 3 is 2.31 bits per heavy atom. The second kappa shape index (κ2) is 12.7. The summed E-state index contributed by atoms with van der Waals surface area (Å²) < 4.78 is 12.4. The van der Waals surface area contributed by atoms with Gasteiger partial charge in [0.2, 0.25) is 0 Å². The molecule has 0 aromatic heterocycles. The molecule has 9 heteroatoms. The van der Waals surface area contributed by atoms with E-state index in [2.05, 4.69) is 22.6 Å². The SMILES string of the molecule is COc1cc(/C=C2\C(=O)N(c3cccc(C)c3)C(=O)N(c3cccc4ccccc34)C2=O)cc(I)c1OCc1ccccc1Cl. The number of fused-ring (bicyclic) bond motifs is 1. The number of carbonyl (C=O) groups is 3. The highest BCUT2D eigenvalue weighted by atomic mass is 127. The molecule has 224 valence electrons. The number of benzene rings is 5. The lowest BCUT2D eigenvalue weighted by atomic mass is 10.0. The Labute approximate surface area is 278 Å². The van der Waals surface area contributed by atoms with Gasteiger partial charge in [-0.3, -0.25) is 9.59 Å². The van der Waals surface area contributed by atoms with E-state index >= 15 is 0 Å². The summed E-state index contributed by atoms with van der Waals surface area (Å²) in [5, 5.41) is 2.15. The van der Waals surface area contributed by atoms with Crippen molar-refractivity contribution in [2.45, 2.75) is 13.5 Å². The molecule has 7 nitrogen and oxygen atoms in total. The van der Waals surface area contributed by atoms with Gasteiger partial charge in [-0.1, -0.05) is 78.3 Å². The van der Waals surface area contributed by atoms with E-state index in [1.807, 2.05) is 61.5 Å². The molecule has 0 bridgehead atoms. The zero-order chi connectivity index (χ0) is 31.7. The van der Waals surface area contributed by atoms with Crippen LogP contribution in [0, 0.1) is 10.5 Å². The van der Waals surface area contributed by atoms with Crippen molar-refractivity contribution in [2.24, 2.45) is 0 Å². The molecule has 45 heavy (non-hydrogen) atoms. The number of aryl methyl sites for hydroxylation is 1. The van der Waals surface area contributed by atoms with Crippen LogP contribution in [-0.4, -0.2) is 25.0 Å². The maximum atomic E-state index is 14.2. The molecule has 0 aliphatic carbocycles. The third kappa shape index (κ3) is 5.91. The quantitative estimate of drug-likeness (QED) is 0.0954. The first kappa shape index (κ1) is 30.4. The van der Waals surface area contributed by atoms with Crippen LogP contribution < -0.4 is 19.3 Å². The van der Waals surface area contributed by atoms with Gasteiger partial charge >= 0.3 is 6.03 Å². The average molecular weight is 729 g/mol. The third-order valence-corrected chi connectivity index (χ3v) is 8.58. The number of amides is 4. The number of ether oxygens (including phenoxy) is 2. The number of anilines is 2. The van der Waals surface area contributed by atoms with Crippen LogP contribution in [0.3, 0.4) is 0 Å². The molecule has 6 rings (SSSR count). The minimum Gasteiger partial charge on any atom is -0.493 e. The van der Waals surface area contributed by atoms with E-state index in [9.17, 15) is 14.4 Å². The van der Waals surface area contributed by atoms with Crippen molar-refractivity contribution in [3.8, 4) is 11.5 Å². The first-order chi connectivity index (χ1) is 21.8. The normalized spacial score (nSPS) is 14.4. The van der Waals surface area contributed by atoms with E-state index in [0.29, 0.717) is 42.4 Å². The number of urea groups is 1. The van der Waals surface area contributed by atoms with Crippen LogP contribution >= 0.6 is 34.2 Å². The van der Waals surface area contributed by atoms with Gasteiger partial charge < -0.3 is 9.47 Å². The standard InChI is InChI=1S/C36H26ClIN2O5/c1-22-9-7-13-26(17-22)39-34(41)28(35(42)40(36(39)43)31-16-8-12-24-10-3-5-14-27(24)31)18-23-19-30(38)33(32(20-23)44-2)45-21-25-11-4-6-15-29(25)37/h3-20H,21H2,1-2H3/b28-18+. The Balaban J connectivity index is 1.45. The Kier molecular flexibility index (Phi) is 8.60. The topological polar surface area (TPSA) is 76.2 Å². The van der Waals surface area contributed by atoms with Crippen LogP contribution in [0.4, 0.5) is 16.2 Å². The van der Waals surface area contributed by atoms with Gasteiger partial charge in [-0.25, -0.2) is 14.6 Å². The van der Waals surface area contributed by atoms with Crippen molar-refractivity contribution in [2.75, 3.05) is 16.9 Å². The minimum atomic E-state index is -0.750. The lowest BCUT2D eigenvalue weighted by molar-refractivity contribution is -0.121. The first-order valence-electron chi connectivity index (χ1n) is 14.0. The Morgan fingerprint density at radius 2 is 1.53 bits per heavy atom. The molecule has 4 amide bonds. The number of carbonyl (C=O) groups excluding carboxylic acids is 3. The molecular formula is C36H26ClIN2O5. The van der Waals surface area contributed by atoms with Crippen LogP contribution in [0.15, 0.2) is 109 Å². The molecule has 1 aliphatic rings. The number of nitrogens with zero attached hydrogens (tertiary/aromatic N) is 2. The molecule has 0 saturated carbocycles. The van der Waals surface area contributed by atoms with Crippen molar-refractivity contribution in [3.05, 3.63) is 134 Å². The van der Waals surface area contributed by atoms with Gasteiger partial charge in [0.1, 0.15) is 12.2 Å². The summed E-state index contributed by atoms with van der Waals surface area (Å²) in [4.78, 5) is 44.3. The van der Waals surface area contributed by atoms with E-state index in [0.717, 1.165) is 26.3 Å². The zero-order valence-corrected chi connectivity index (χ0v) is 27.2. The van der Waals surface area contributed by atoms with Crippen molar-refractivity contribution in [1.82, 2.24) is 0 Å². The van der Waals surface area contributed by atoms with E-state index in [4.69, 9.17) is 21.1 Å². The Morgan fingerprint density at radius 1 is 0.822 bits per heavy atom. The summed E-state index contributed by atoms with van der Waals surface area (Å²) in [7, 11) is 1.52. The fraction of sp³-hybridized carbons (Fsp3) is 0.0833. The third-order valence-electron chi connectivity index (χ3n) is 7.41. The van der Waals surface area contributed by atoms with Crippen LogP contribution in [0.25, 0.3) is 16.8 Å². The largest absolute Gasteiger partial charge is 0.493 e. The smallest absolute Gasteiger partial charge is 0.343 e. The van der Waals surface area contributed by atoms with Crippen molar-refractivity contribution < 1.29 is 23.9 Å². The molecule has 5 aromatic carbocycles. The number of hydrogen-bond acceptors (Lipinski definition) is 5. The monoisotopic (exact) mass is 728 g/mol. The van der Waals surface area contributed by atoms with Gasteiger partial charge in [-0.05, 0) is 88.5 Å². The molecule has 1 heterocycles. The first-order valence-corrected chi connectivity index (χ1v) is 15.4. The highest BCUT2D eigenvalue weighted by Crippen LogP contribution is 2.38. The molecule has 0 radical (unpaired) electrons. The molecule has 0 unspecified atom stereocenters. The number of hydrogen-bond donors (Lipinski definition) is 0. The molecule has 0 atom stereocenters. The van der Waals surface area contributed by atoms with E-state index in [1.54, 1.807) is 48.5 Å².